The predicted molar refractivity (Wildman–Crippen MR) is 93.7 cm³/mol. The average Bonchev–Trinajstić information content (AvgIpc) is 2.52. The molecule has 128 valence electrons. The van der Waals surface area contributed by atoms with Gasteiger partial charge in [0.2, 0.25) is 0 Å². The van der Waals surface area contributed by atoms with E-state index in [1.54, 1.807) is 0 Å². The van der Waals surface area contributed by atoms with E-state index in [-0.39, 0.29) is 18.4 Å². The van der Waals surface area contributed by atoms with Crippen molar-refractivity contribution < 1.29 is 14.5 Å². The largest absolute Gasteiger partial charge is 0.351 e. The summed E-state index contributed by atoms with van der Waals surface area (Å²) in [5.74, 6) is 0.425. The molecule has 0 spiro atoms. The van der Waals surface area contributed by atoms with Gasteiger partial charge in [0.1, 0.15) is 0 Å². The molecule has 0 aliphatic rings. The summed E-state index contributed by atoms with van der Waals surface area (Å²) in [7, 11) is 1.84. The Balaban J connectivity index is 2.42. The molecule has 2 atom stereocenters. The number of likely N-dealkylation sites (N-methyl/N-ethyl adjacent to an activating group) is 1. The molecule has 5 nitrogen and oxygen atoms in total. The van der Waals surface area contributed by atoms with Gasteiger partial charge < -0.3 is 15.5 Å². The number of rotatable bonds is 9. The fourth-order valence-electron chi connectivity index (χ4n) is 2.27. The van der Waals surface area contributed by atoms with Crippen LogP contribution in [0.25, 0.3) is 0 Å². The molecule has 23 heavy (non-hydrogen) atoms. The number of carbonyl (C=O) groups excluding carboxylic acids is 2. The van der Waals surface area contributed by atoms with E-state index in [0.29, 0.717) is 19.0 Å². The molecular formula is C18H30N3O2+. The van der Waals surface area contributed by atoms with Crippen molar-refractivity contribution in [3.05, 3.63) is 29.8 Å². The summed E-state index contributed by atoms with van der Waals surface area (Å²) < 4.78 is 0. The molecule has 3 N–H and O–H groups in total. The molecule has 0 radical (unpaired) electrons. The molecule has 1 rings (SSSR count). The Labute approximate surface area is 139 Å². The molecule has 1 unspecified atom stereocenters. The summed E-state index contributed by atoms with van der Waals surface area (Å²) >= 11 is 0. The Kier molecular flexibility index (Phi) is 8.33. The first kappa shape index (κ1) is 19.2. The Morgan fingerprint density at radius 3 is 2.26 bits per heavy atom. The highest BCUT2D eigenvalue weighted by Crippen LogP contribution is 2.20. The molecule has 0 aliphatic carbocycles. The molecule has 0 saturated carbocycles. The fourth-order valence-corrected chi connectivity index (χ4v) is 2.27. The zero-order valence-electron chi connectivity index (χ0n) is 14.7. The average molecular weight is 320 g/mol. The van der Waals surface area contributed by atoms with Crippen molar-refractivity contribution in [3.63, 3.8) is 0 Å². The monoisotopic (exact) mass is 320 g/mol. The van der Waals surface area contributed by atoms with Crippen molar-refractivity contribution in [1.29, 1.82) is 0 Å². The van der Waals surface area contributed by atoms with E-state index in [1.807, 2.05) is 26.1 Å². The van der Waals surface area contributed by atoms with E-state index >= 15 is 0 Å². The fraction of sp³-hybridized carbons (Fsp3) is 0.556. The van der Waals surface area contributed by atoms with Crippen LogP contribution >= 0.6 is 0 Å². The number of carbonyl (C=O) groups is 2. The number of benzene rings is 1. The Bertz CT molecular complexity index is 499. The summed E-state index contributed by atoms with van der Waals surface area (Å²) in [6.45, 7) is 7.62. The van der Waals surface area contributed by atoms with Gasteiger partial charge in [-0.3, -0.25) is 9.59 Å². The van der Waals surface area contributed by atoms with E-state index in [4.69, 9.17) is 0 Å². The molecule has 0 saturated heterocycles. The van der Waals surface area contributed by atoms with Crippen LogP contribution in [-0.4, -0.2) is 38.5 Å². The van der Waals surface area contributed by atoms with Crippen LogP contribution < -0.4 is 15.5 Å². The number of hydrogen-bond acceptors (Lipinski definition) is 2. The zero-order chi connectivity index (χ0) is 17.2. The molecule has 0 fully saturated rings. The second-order valence-electron chi connectivity index (χ2n) is 6.14. The van der Waals surface area contributed by atoms with E-state index in [1.165, 1.54) is 5.56 Å². The molecular weight excluding hydrogens is 290 g/mol. The van der Waals surface area contributed by atoms with E-state index in [0.717, 1.165) is 23.4 Å². The van der Waals surface area contributed by atoms with Crippen LogP contribution in [-0.2, 0) is 9.59 Å². The van der Waals surface area contributed by atoms with E-state index < -0.39 is 0 Å². The van der Waals surface area contributed by atoms with Gasteiger partial charge in [-0.15, -0.1) is 0 Å². The van der Waals surface area contributed by atoms with Crippen molar-refractivity contribution in [2.75, 3.05) is 32.0 Å². The molecule has 0 aromatic heterocycles. The van der Waals surface area contributed by atoms with Crippen molar-refractivity contribution in [1.82, 2.24) is 5.32 Å². The quantitative estimate of drug-likeness (QED) is 0.640. The van der Waals surface area contributed by atoms with Crippen LogP contribution in [0.3, 0.4) is 0 Å². The molecule has 0 aliphatic heterocycles. The van der Waals surface area contributed by atoms with Gasteiger partial charge in [0.25, 0.3) is 11.8 Å². The second kappa shape index (κ2) is 10.0. The molecule has 2 amide bonds. The maximum absolute atomic E-state index is 12.0. The van der Waals surface area contributed by atoms with Gasteiger partial charge in [-0.2, -0.15) is 0 Å². The minimum atomic E-state index is -0.0814. The van der Waals surface area contributed by atoms with Gasteiger partial charge >= 0.3 is 0 Å². The van der Waals surface area contributed by atoms with Crippen molar-refractivity contribution in [2.24, 2.45) is 0 Å². The minimum absolute atomic E-state index is 0.0185. The topological polar surface area (TPSA) is 62.6 Å². The predicted octanol–water partition coefficient (Wildman–Crippen LogP) is 1.18. The van der Waals surface area contributed by atoms with Crippen LogP contribution in [0, 0.1) is 0 Å². The van der Waals surface area contributed by atoms with Crippen molar-refractivity contribution in [3.8, 4) is 0 Å². The van der Waals surface area contributed by atoms with Crippen LogP contribution in [0.15, 0.2) is 24.3 Å². The normalized spacial score (nSPS) is 13.2. The zero-order valence-corrected chi connectivity index (χ0v) is 14.7. The summed E-state index contributed by atoms with van der Waals surface area (Å²) in [5, 5.41) is 5.70. The van der Waals surface area contributed by atoms with Gasteiger partial charge in [-0.1, -0.05) is 32.9 Å². The molecule has 1 aromatic rings. The molecule has 5 heteroatoms. The third-order valence-electron chi connectivity index (χ3n) is 3.87. The summed E-state index contributed by atoms with van der Waals surface area (Å²) in [5.41, 5.74) is 2.08. The number of anilines is 1. The molecule has 1 aromatic carbocycles. The van der Waals surface area contributed by atoms with Crippen LogP contribution in [0.4, 0.5) is 5.69 Å². The smallest absolute Gasteiger partial charge is 0.279 e. The summed E-state index contributed by atoms with van der Waals surface area (Å²) in [6, 6.07) is 7.97. The van der Waals surface area contributed by atoms with Crippen LogP contribution in [0.1, 0.15) is 45.1 Å². The first-order chi connectivity index (χ1) is 11.0. The Morgan fingerprint density at radius 1 is 1.09 bits per heavy atom. The highest BCUT2D eigenvalue weighted by Gasteiger charge is 2.14. The highest BCUT2D eigenvalue weighted by atomic mass is 16.2. The van der Waals surface area contributed by atoms with Gasteiger partial charge in [-0.25, -0.2) is 0 Å². The lowest BCUT2D eigenvalue weighted by atomic mass is 9.99. The SMILES string of the molecule is CCCNC(=O)C[NH+](C)CC(=O)Nc1ccc([C@H](C)CC)cc1. The maximum atomic E-state index is 12.0. The molecule has 0 heterocycles. The second-order valence-corrected chi connectivity index (χ2v) is 6.14. The Morgan fingerprint density at radius 2 is 1.70 bits per heavy atom. The highest BCUT2D eigenvalue weighted by molar-refractivity contribution is 5.91. The van der Waals surface area contributed by atoms with Crippen molar-refractivity contribution >= 4 is 17.5 Å². The van der Waals surface area contributed by atoms with Gasteiger partial charge in [0.15, 0.2) is 13.1 Å². The van der Waals surface area contributed by atoms with Crippen LogP contribution in [0.5, 0.6) is 0 Å². The van der Waals surface area contributed by atoms with E-state index in [2.05, 4.69) is 36.6 Å². The minimum Gasteiger partial charge on any atom is -0.351 e. The number of amides is 2. The lowest BCUT2D eigenvalue weighted by molar-refractivity contribution is -0.862. The number of quaternary nitrogens is 1. The van der Waals surface area contributed by atoms with E-state index in [9.17, 15) is 9.59 Å². The third-order valence-corrected chi connectivity index (χ3v) is 3.87. The number of hydrogen-bond donors (Lipinski definition) is 3. The summed E-state index contributed by atoms with van der Waals surface area (Å²) in [6.07, 6.45) is 2.01. The van der Waals surface area contributed by atoms with Crippen molar-refractivity contribution in [2.45, 2.75) is 39.5 Å². The maximum Gasteiger partial charge on any atom is 0.279 e. The first-order valence-electron chi connectivity index (χ1n) is 8.44. The molecule has 0 bridgehead atoms. The number of nitrogens with one attached hydrogen (secondary N) is 3. The van der Waals surface area contributed by atoms with Crippen LogP contribution in [0.2, 0.25) is 0 Å². The van der Waals surface area contributed by atoms with Gasteiger partial charge in [-0.05, 0) is 36.5 Å². The lowest BCUT2D eigenvalue weighted by Crippen LogP contribution is -3.11. The lowest BCUT2D eigenvalue weighted by Gasteiger charge is -2.14. The Hall–Kier alpha value is -1.88. The van der Waals surface area contributed by atoms with Gasteiger partial charge in [0, 0.05) is 12.2 Å². The standard InChI is InChI=1S/C18H29N3O2/c1-5-11-19-17(22)12-21(4)13-18(23)20-16-9-7-15(8-10-16)14(3)6-2/h7-10,14H,5-6,11-13H2,1-4H3,(H,19,22)(H,20,23)/p+1/t14-/m1/s1. The summed E-state index contributed by atoms with van der Waals surface area (Å²) in [4.78, 5) is 24.5. The third kappa shape index (κ3) is 7.28. The first-order valence-corrected chi connectivity index (χ1v) is 8.44. The van der Waals surface area contributed by atoms with Gasteiger partial charge in [0.05, 0.1) is 7.05 Å².